The smallest absolute Gasteiger partial charge is 0.125 e. The minimum absolute atomic E-state index is 0.355. The normalized spacial score (nSPS) is 17.0. The molecule has 24 heavy (non-hydrogen) atoms. The van der Waals surface area contributed by atoms with E-state index in [1.807, 2.05) is 0 Å². The van der Waals surface area contributed by atoms with Crippen molar-refractivity contribution in [1.82, 2.24) is 0 Å². The first-order valence-electron chi connectivity index (χ1n) is 10.5. The fourth-order valence-corrected chi connectivity index (χ4v) is 3.59. The fraction of sp³-hybridized carbons (Fsp3) is 0.952. The summed E-state index contributed by atoms with van der Waals surface area (Å²) in [6.07, 6.45) is 21.3. The van der Waals surface area contributed by atoms with Gasteiger partial charge in [0.05, 0.1) is 12.8 Å². The van der Waals surface area contributed by atoms with Gasteiger partial charge in [0.1, 0.15) is 6.29 Å². The largest absolute Gasteiger partial charge is 0.378 e. The maximum atomic E-state index is 12.3. The molecule has 0 aromatic carbocycles. The Balaban J connectivity index is 1.72. The quantitative estimate of drug-likeness (QED) is 0.239. The van der Waals surface area contributed by atoms with E-state index in [1.54, 1.807) is 0 Å². The van der Waals surface area contributed by atoms with Crippen molar-refractivity contribution in [1.29, 1.82) is 0 Å². The van der Waals surface area contributed by atoms with Crippen molar-refractivity contribution in [2.24, 2.45) is 5.92 Å². The van der Waals surface area contributed by atoms with E-state index >= 15 is 0 Å². The lowest BCUT2D eigenvalue weighted by Crippen LogP contribution is -2.17. The highest BCUT2D eigenvalue weighted by Crippen LogP contribution is 2.20. The van der Waals surface area contributed by atoms with Crippen LogP contribution in [0, 0.1) is 5.92 Å². The molecule has 0 aromatic rings. The molecule has 1 saturated carbocycles. The van der Waals surface area contributed by atoms with Crippen LogP contribution >= 0.6 is 0 Å². The summed E-state index contributed by atoms with van der Waals surface area (Å²) >= 11 is 0. The molecular weight excluding hydrogens is 303 g/mol. The fourth-order valence-electron chi connectivity index (χ4n) is 3.59. The maximum Gasteiger partial charge on any atom is 0.125 e. The maximum absolute atomic E-state index is 12.3. The number of unbranched alkanes of at least 4 members (excludes halogenated alkanes) is 9. The van der Waals surface area contributed by atoms with E-state index in [9.17, 15) is 9.18 Å². The summed E-state index contributed by atoms with van der Waals surface area (Å²) in [6.45, 7) is 0.473. The Morgan fingerprint density at radius 1 is 0.833 bits per heavy atom. The first-order chi connectivity index (χ1) is 11.9. The molecule has 0 aromatic heterocycles. The topological polar surface area (TPSA) is 26.3 Å². The molecule has 0 amide bonds. The van der Waals surface area contributed by atoms with E-state index in [0.717, 1.165) is 32.2 Å². The summed E-state index contributed by atoms with van der Waals surface area (Å²) in [5, 5.41) is 0. The van der Waals surface area contributed by atoms with Gasteiger partial charge in [-0.1, -0.05) is 77.0 Å². The van der Waals surface area contributed by atoms with Crippen molar-refractivity contribution >= 4 is 6.29 Å². The minimum atomic E-state index is -0.491. The molecule has 1 fully saturated rings. The van der Waals surface area contributed by atoms with E-state index in [1.165, 1.54) is 83.5 Å². The van der Waals surface area contributed by atoms with E-state index < -0.39 is 6.67 Å². The molecule has 0 saturated heterocycles. The highest BCUT2D eigenvalue weighted by atomic mass is 19.1. The zero-order valence-corrected chi connectivity index (χ0v) is 15.7. The van der Waals surface area contributed by atoms with Crippen LogP contribution in [0.3, 0.4) is 0 Å². The van der Waals surface area contributed by atoms with Gasteiger partial charge in [0.2, 0.25) is 0 Å². The third kappa shape index (κ3) is 12.0. The van der Waals surface area contributed by atoms with Crippen LogP contribution in [0.15, 0.2) is 0 Å². The number of carbonyl (C=O) groups is 1. The van der Waals surface area contributed by atoms with Gasteiger partial charge in [0.25, 0.3) is 0 Å². The van der Waals surface area contributed by atoms with Crippen molar-refractivity contribution in [2.75, 3.05) is 13.3 Å². The predicted molar refractivity (Wildman–Crippen MR) is 99.1 cm³/mol. The lowest BCUT2D eigenvalue weighted by molar-refractivity contribution is -0.111. The van der Waals surface area contributed by atoms with Crippen LogP contribution in [0.2, 0.25) is 0 Å². The second kappa shape index (κ2) is 16.1. The number of aldehydes is 1. The number of rotatable bonds is 16. The van der Waals surface area contributed by atoms with Crippen molar-refractivity contribution in [2.45, 2.75) is 109 Å². The molecule has 0 spiro atoms. The average molecular weight is 343 g/mol. The SMILES string of the molecule is O=CC(CF)CCCCCCCCCCCCOC1CCCCC1. The van der Waals surface area contributed by atoms with Crippen LogP contribution in [0.4, 0.5) is 4.39 Å². The standard InChI is InChI=1S/C21H39FO2/c22-18-20(19-23)14-10-7-5-3-1-2-4-6-8-13-17-24-21-15-11-9-12-16-21/h19-21H,1-18H2. The van der Waals surface area contributed by atoms with Crippen LogP contribution in [-0.2, 0) is 9.53 Å². The van der Waals surface area contributed by atoms with Crippen molar-refractivity contribution in [3.63, 3.8) is 0 Å². The van der Waals surface area contributed by atoms with Gasteiger partial charge in [0, 0.05) is 12.5 Å². The average Bonchev–Trinajstić information content (AvgIpc) is 2.63. The Kier molecular flexibility index (Phi) is 14.4. The molecule has 1 aliphatic rings. The Bertz CT molecular complexity index is 277. The molecule has 0 radical (unpaired) electrons. The van der Waals surface area contributed by atoms with Gasteiger partial charge in [-0.2, -0.15) is 0 Å². The van der Waals surface area contributed by atoms with E-state index in [4.69, 9.17) is 4.74 Å². The third-order valence-corrected chi connectivity index (χ3v) is 5.27. The van der Waals surface area contributed by atoms with Gasteiger partial charge in [-0.15, -0.1) is 0 Å². The molecule has 0 bridgehead atoms. The Hall–Kier alpha value is -0.440. The molecule has 142 valence electrons. The molecule has 1 atom stereocenters. The summed E-state index contributed by atoms with van der Waals surface area (Å²) < 4.78 is 18.3. The molecule has 1 unspecified atom stereocenters. The first kappa shape index (κ1) is 21.6. The van der Waals surface area contributed by atoms with Gasteiger partial charge < -0.3 is 9.53 Å². The van der Waals surface area contributed by atoms with E-state index in [0.29, 0.717) is 6.10 Å². The van der Waals surface area contributed by atoms with Gasteiger partial charge in [0.15, 0.2) is 0 Å². The highest BCUT2D eigenvalue weighted by molar-refractivity contribution is 5.53. The van der Waals surface area contributed by atoms with Crippen molar-refractivity contribution in [3.05, 3.63) is 0 Å². The molecule has 0 N–H and O–H groups in total. The zero-order valence-electron chi connectivity index (χ0n) is 15.7. The summed E-state index contributed by atoms with van der Waals surface area (Å²) in [7, 11) is 0. The van der Waals surface area contributed by atoms with Crippen LogP contribution < -0.4 is 0 Å². The third-order valence-electron chi connectivity index (χ3n) is 5.27. The molecule has 0 aliphatic heterocycles. The monoisotopic (exact) mass is 342 g/mol. The lowest BCUT2D eigenvalue weighted by atomic mass is 9.98. The molecule has 3 heteroatoms. The predicted octanol–water partition coefficient (Wildman–Crippen LogP) is 6.41. The number of alkyl halides is 1. The second-order valence-electron chi connectivity index (χ2n) is 7.51. The van der Waals surface area contributed by atoms with Crippen LogP contribution in [-0.4, -0.2) is 25.7 Å². The van der Waals surface area contributed by atoms with Gasteiger partial charge in [-0.3, -0.25) is 4.39 Å². The second-order valence-corrected chi connectivity index (χ2v) is 7.51. The lowest BCUT2D eigenvalue weighted by Gasteiger charge is -2.21. The van der Waals surface area contributed by atoms with Gasteiger partial charge in [-0.25, -0.2) is 0 Å². The Morgan fingerprint density at radius 2 is 1.38 bits per heavy atom. The van der Waals surface area contributed by atoms with Crippen LogP contribution in [0.25, 0.3) is 0 Å². The summed E-state index contributed by atoms with van der Waals surface area (Å²) in [5.74, 6) is -0.355. The van der Waals surface area contributed by atoms with Crippen molar-refractivity contribution in [3.8, 4) is 0 Å². The zero-order chi connectivity index (χ0) is 17.3. The van der Waals surface area contributed by atoms with E-state index in [2.05, 4.69) is 0 Å². The molecule has 0 heterocycles. The number of carbonyl (C=O) groups excluding carboxylic acids is 1. The number of hydrogen-bond donors (Lipinski definition) is 0. The molecule has 1 rings (SSSR count). The molecule has 2 nitrogen and oxygen atoms in total. The minimum Gasteiger partial charge on any atom is -0.378 e. The number of ether oxygens (including phenoxy) is 1. The Labute approximate surface area is 148 Å². The summed E-state index contributed by atoms with van der Waals surface area (Å²) in [4.78, 5) is 10.5. The van der Waals surface area contributed by atoms with E-state index in [-0.39, 0.29) is 5.92 Å². The van der Waals surface area contributed by atoms with Crippen LogP contribution in [0.5, 0.6) is 0 Å². The first-order valence-corrected chi connectivity index (χ1v) is 10.5. The van der Waals surface area contributed by atoms with Crippen molar-refractivity contribution < 1.29 is 13.9 Å². The summed E-state index contributed by atoms with van der Waals surface area (Å²) in [6, 6.07) is 0. The number of hydrogen-bond acceptors (Lipinski definition) is 2. The number of halogens is 1. The summed E-state index contributed by atoms with van der Waals surface area (Å²) in [5.41, 5.74) is 0. The van der Waals surface area contributed by atoms with Gasteiger partial charge >= 0.3 is 0 Å². The van der Waals surface area contributed by atoms with Crippen LogP contribution in [0.1, 0.15) is 103 Å². The highest BCUT2D eigenvalue weighted by Gasteiger charge is 2.12. The molecular formula is C21H39FO2. The Morgan fingerprint density at radius 3 is 1.92 bits per heavy atom. The molecule has 1 aliphatic carbocycles. The van der Waals surface area contributed by atoms with Gasteiger partial charge in [-0.05, 0) is 25.7 Å².